The van der Waals surface area contributed by atoms with Crippen molar-refractivity contribution >= 4 is 45.2 Å². The normalized spacial score (nSPS) is 10.8. The summed E-state index contributed by atoms with van der Waals surface area (Å²) < 4.78 is 6.15. The maximum atomic E-state index is 6.15. The second-order valence-corrected chi connectivity index (χ2v) is 7.80. The standard InChI is InChI=1S/C22H30N6O/c1-25(2)21(26(3)4)23-15-11-9-13-17-19(15)20-16(12-10-14-18(20)29-17)24-22(27(5)6)28(7)8/h9-14H,1-8H3. The largest absolute Gasteiger partial charge is 0.456 e. The lowest BCUT2D eigenvalue weighted by Crippen LogP contribution is -2.35. The number of hydrogen-bond donors (Lipinski definition) is 0. The van der Waals surface area contributed by atoms with Crippen LogP contribution in [-0.2, 0) is 0 Å². The molecule has 0 unspecified atom stereocenters. The molecule has 0 fully saturated rings. The lowest BCUT2D eigenvalue weighted by atomic mass is 10.1. The molecule has 3 aromatic rings. The number of nitrogens with zero attached hydrogens (tertiary/aromatic N) is 6. The summed E-state index contributed by atoms with van der Waals surface area (Å²) in [5.74, 6) is 1.71. The Morgan fingerprint density at radius 2 is 0.931 bits per heavy atom. The van der Waals surface area contributed by atoms with Gasteiger partial charge in [-0.1, -0.05) is 12.1 Å². The number of fused-ring (bicyclic) bond motifs is 3. The van der Waals surface area contributed by atoms with Crippen LogP contribution in [-0.4, -0.2) is 87.9 Å². The third kappa shape index (κ3) is 3.99. The first-order valence-electron chi connectivity index (χ1n) is 9.51. The number of aliphatic imine (C=N–C) groups is 2. The SMILES string of the molecule is CN(C)C(=Nc1cccc2oc3cccc(N=C(N(C)C)N(C)C)c3c12)N(C)C. The van der Waals surface area contributed by atoms with E-state index in [1.165, 1.54) is 0 Å². The summed E-state index contributed by atoms with van der Waals surface area (Å²) in [4.78, 5) is 17.9. The van der Waals surface area contributed by atoms with E-state index in [1.54, 1.807) is 0 Å². The van der Waals surface area contributed by atoms with E-state index in [9.17, 15) is 0 Å². The van der Waals surface area contributed by atoms with Crippen molar-refractivity contribution in [2.24, 2.45) is 9.98 Å². The zero-order valence-electron chi connectivity index (χ0n) is 18.6. The van der Waals surface area contributed by atoms with E-state index in [0.717, 1.165) is 45.2 Å². The van der Waals surface area contributed by atoms with Gasteiger partial charge in [-0.25, -0.2) is 9.98 Å². The summed E-state index contributed by atoms with van der Waals surface area (Å²) in [6.45, 7) is 0. The molecule has 7 nitrogen and oxygen atoms in total. The Kier molecular flexibility index (Phi) is 5.68. The summed E-state index contributed by atoms with van der Waals surface area (Å²) in [5.41, 5.74) is 3.32. The highest BCUT2D eigenvalue weighted by Crippen LogP contribution is 2.40. The van der Waals surface area contributed by atoms with Crippen LogP contribution < -0.4 is 0 Å². The molecule has 1 aromatic heterocycles. The molecule has 2 aromatic carbocycles. The van der Waals surface area contributed by atoms with Crippen molar-refractivity contribution in [3.05, 3.63) is 36.4 Å². The molecule has 0 aliphatic carbocycles. The lowest BCUT2D eigenvalue weighted by Gasteiger charge is -2.23. The molecule has 0 spiro atoms. The van der Waals surface area contributed by atoms with Crippen LogP contribution in [0.1, 0.15) is 0 Å². The fraction of sp³-hybridized carbons (Fsp3) is 0.364. The van der Waals surface area contributed by atoms with Crippen LogP contribution in [0.5, 0.6) is 0 Å². The minimum Gasteiger partial charge on any atom is -0.456 e. The summed E-state index contributed by atoms with van der Waals surface area (Å²) >= 11 is 0. The zero-order valence-corrected chi connectivity index (χ0v) is 18.6. The average Bonchev–Trinajstić information content (AvgIpc) is 3.02. The monoisotopic (exact) mass is 394 g/mol. The summed E-state index contributed by atoms with van der Waals surface area (Å²) in [7, 11) is 15.9. The van der Waals surface area contributed by atoms with Crippen molar-refractivity contribution < 1.29 is 4.42 Å². The Morgan fingerprint density at radius 1 is 0.586 bits per heavy atom. The Labute approximate surface area is 172 Å². The van der Waals surface area contributed by atoms with Crippen molar-refractivity contribution in [1.29, 1.82) is 0 Å². The Hall–Kier alpha value is -3.22. The van der Waals surface area contributed by atoms with Gasteiger partial charge in [-0.3, -0.25) is 0 Å². The van der Waals surface area contributed by atoms with Crippen LogP contribution in [0.3, 0.4) is 0 Å². The van der Waals surface area contributed by atoms with E-state index < -0.39 is 0 Å². The molecule has 0 amide bonds. The van der Waals surface area contributed by atoms with Crippen LogP contribution >= 0.6 is 0 Å². The van der Waals surface area contributed by atoms with Gasteiger partial charge in [-0.15, -0.1) is 0 Å². The van der Waals surface area contributed by atoms with E-state index in [2.05, 4.69) is 0 Å². The topological polar surface area (TPSA) is 50.8 Å². The van der Waals surface area contributed by atoms with Crippen molar-refractivity contribution in [2.45, 2.75) is 0 Å². The maximum absolute atomic E-state index is 6.15. The van der Waals surface area contributed by atoms with Crippen molar-refractivity contribution in [1.82, 2.24) is 19.6 Å². The number of benzene rings is 2. The van der Waals surface area contributed by atoms with Crippen molar-refractivity contribution in [3.63, 3.8) is 0 Å². The summed E-state index contributed by atoms with van der Waals surface area (Å²) in [5, 5.41) is 1.94. The molecule has 0 aliphatic heterocycles. The molecule has 29 heavy (non-hydrogen) atoms. The average molecular weight is 395 g/mol. The van der Waals surface area contributed by atoms with Gasteiger partial charge in [-0.2, -0.15) is 0 Å². The first-order valence-corrected chi connectivity index (χ1v) is 9.51. The molecule has 0 aliphatic rings. The van der Waals surface area contributed by atoms with Gasteiger partial charge >= 0.3 is 0 Å². The molecule has 3 rings (SSSR count). The first kappa shape index (κ1) is 20.5. The quantitative estimate of drug-likeness (QED) is 0.489. The Balaban J connectivity index is 2.36. The second kappa shape index (κ2) is 8.03. The fourth-order valence-corrected chi connectivity index (χ4v) is 3.43. The molecular formula is C22H30N6O. The van der Waals surface area contributed by atoms with Gasteiger partial charge < -0.3 is 24.0 Å². The third-order valence-corrected chi connectivity index (χ3v) is 4.52. The van der Waals surface area contributed by atoms with Gasteiger partial charge in [0.05, 0.1) is 22.1 Å². The highest BCUT2D eigenvalue weighted by Gasteiger charge is 2.17. The smallest absolute Gasteiger partial charge is 0.200 e. The maximum Gasteiger partial charge on any atom is 0.200 e. The second-order valence-electron chi connectivity index (χ2n) is 7.80. The van der Waals surface area contributed by atoms with E-state index in [0.29, 0.717) is 0 Å². The molecule has 0 saturated heterocycles. The van der Waals surface area contributed by atoms with Gasteiger partial charge in [0.1, 0.15) is 11.2 Å². The summed E-state index contributed by atoms with van der Waals surface area (Å²) in [6, 6.07) is 11.9. The Bertz CT molecular complexity index is 971. The van der Waals surface area contributed by atoms with Crippen LogP contribution in [0.15, 0.2) is 50.8 Å². The molecule has 0 atom stereocenters. The molecule has 1 heterocycles. The minimum absolute atomic E-state index is 0.803. The molecule has 0 N–H and O–H groups in total. The van der Waals surface area contributed by atoms with E-state index in [4.69, 9.17) is 14.4 Å². The lowest BCUT2D eigenvalue weighted by molar-refractivity contribution is 0.484. The molecule has 0 radical (unpaired) electrons. The third-order valence-electron chi connectivity index (χ3n) is 4.52. The molecule has 0 bridgehead atoms. The molecular weight excluding hydrogens is 364 g/mol. The number of furan rings is 1. The van der Waals surface area contributed by atoms with Gasteiger partial charge in [0, 0.05) is 56.4 Å². The van der Waals surface area contributed by atoms with E-state index in [1.807, 2.05) is 112 Å². The van der Waals surface area contributed by atoms with Gasteiger partial charge in [-0.05, 0) is 24.3 Å². The highest BCUT2D eigenvalue weighted by atomic mass is 16.3. The number of rotatable bonds is 2. The van der Waals surface area contributed by atoms with E-state index in [-0.39, 0.29) is 0 Å². The van der Waals surface area contributed by atoms with Gasteiger partial charge in [0.25, 0.3) is 0 Å². The van der Waals surface area contributed by atoms with Crippen LogP contribution in [0.2, 0.25) is 0 Å². The molecule has 0 saturated carbocycles. The van der Waals surface area contributed by atoms with Gasteiger partial charge in [0.2, 0.25) is 11.9 Å². The first-order chi connectivity index (χ1) is 13.7. The van der Waals surface area contributed by atoms with Crippen LogP contribution in [0.4, 0.5) is 11.4 Å². The van der Waals surface area contributed by atoms with Gasteiger partial charge in [0.15, 0.2) is 0 Å². The summed E-state index contributed by atoms with van der Waals surface area (Å²) in [6.07, 6.45) is 0. The Morgan fingerprint density at radius 3 is 1.24 bits per heavy atom. The van der Waals surface area contributed by atoms with Crippen LogP contribution in [0.25, 0.3) is 21.9 Å². The molecule has 154 valence electrons. The molecule has 7 heteroatoms. The number of guanidine groups is 2. The van der Waals surface area contributed by atoms with Crippen molar-refractivity contribution in [2.75, 3.05) is 56.4 Å². The van der Waals surface area contributed by atoms with Crippen LogP contribution in [0, 0.1) is 0 Å². The van der Waals surface area contributed by atoms with Crippen molar-refractivity contribution in [3.8, 4) is 0 Å². The minimum atomic E-state index is 0.803. The number of hydrogen-bond acceptors (Lipinski definition) is 3. The van der Waals surface area contributed by atoms with E-state index >= 15 is 0 Å². The predicted molar refractivity (Wildman–Crippen MR) is 123 cm³/mol. The zero-order chi connectivity index (χ0) is 21.3. The predicted octanol–water partition coefficient (Wildman–Crippen LogP) is 3.81. The fourth-order valence-electron chi connectivity index (χ4n) is 3.43. The highest BCUT2D eigenvalue weighted by molar-refractivity contribution is 6.16.